The van der Waals surface area contributed by atoms with Crippen LogP contribution in [0.1, 0.15) is 50.4 Å². The van der Waals surface area contributed by atoms with Gasteiger partial charge in [-0.3, -0.25) is 4.68 Å². The number of nitrogens with one attached hydrogen (secondary N) is 2. The summed E-state index contributed by atoms with van der Waals surface area (Å²) in [6.45, 7) is 6.20. The van der Waals surface area contributed by atoms with E-state index in [1.54, 1.807) is 0 Å². The standard InChI is InChI=1S/C17H21F3N6/c1-9-12(8-26(25-9)13-6-16(13,2)3)23-15-21-7-11(17(18,19)20)14(24-15)22-10-4-5-10/h7-8,10,13H,4-6H2,1-3H3,(H2,21,22,23,24)/t13-/m0/s1. The summed E-state index contributed by atoms with van der Waals surface area (Å²) in [6.07, 6.45) is 0.960. The average molecular weight is 366 g/mol. The van der Waals surface area contributed by atoms with Crippen molar-refractivity contribution in [2.75, 3.05) is 10.6 Å². The van der Waals surface area contributed by atoms with Gasteiger partial charge in [0.2, 0.25) is 5.95 Å². The molecule has 4 rings (SSSR count). The van der Waals surface area contributed by atoms with Crippen LogP contribution in [0.4, 0.5) is 30.6 Å². The first-order valence-electron chi connectivity index (χ1n) is 8.67. The molecule has 26 heavy (non-hydrogen) atoms. The van der Waals surface area contributed by atoms with Gasteiger partial charge in [0.25, 0.3) is 0 Å². The van der Waals surface area contributed by atoms with Crippen LogP contribution >= 0.6 is 0 Å². The summed E-state index contributed by atoms with van der Waals surface area (Å²) in [5.41, 5.74) is 0.835. The molecule has 2 saturated carbocycles. The zero-order valence-electron chi connectivity index (χ0n) is 14.9. The molecular weight excluding hydrogens is 345 g/mol. The molecule has 9 heteroatoms. The first-order valence-corrected chi connectivity index (χ1v) is 8.67. The van der Waals surface area contributed by atoms with E-state index < -0.39 is 11.7 Å². The number of hydrogen-bond donors (Lipinski definition) is 2. The molecule has 0 spiro atoms. The number of alkyl halides is 3. The van der Waals surface area contributed by atoms with Crippen LogP contribution in [0.5, 0.6) is 0 Å². The van der Waals surface area contributed by atoms with Gasteiger partial charge in [-0.1, -0.05) is 13.8 Å². The molecule has 0 bridgehead atoms. The summed E-state index contributed by atoms with van der Waals surface area (Å²) >= 11 is 0. The van der Waals surface area contributed by atoms with Crippen LogP contribution in [0.25, 0.3) is 0 Å². The number of hydrogen-bond acceptors (Lipinski definition) is 5. The first-order chi connectivity index (χ1) is 12.1. The van der Waals surface area contributed by atoms with Gasteiger partial charge in [-0.15, -0.1) is 0 Å². The van der Waals surface area contributed by atoms with Crippen molar-refractivity contribution in [3.05, 3.63) is 23.7 Å². The molecule has 0 amide bonds. The van der Waals surface area contributed by atoms with E-state index >= 15 is 0 Å². The maximum atomic E-state index is 13.2. The molecule has 2 aromatic rings. The van der Waals surface area contributed by atoms with E-state index in [1.807, 2.05) is 17.8 Å². The first kappa shape index (κ1) is 17.1. The fraction of sp³-hybridized carbons (Fsp3) is 0.588. The zero-order valence-corrected chi connectivity index (χ0v) is 14.9. The molecule has 2 aromatic heterocycles. The van der Waals surface area contributed by atoms with Crippen molar-refractivity contribution in [1.82, 2.24) is 19.7 Å². The monoisotopic (exact) mass is 366 g/mol. The fourth-order valence-electron chi connectivity index (χ4n) is 2.96. The highest BCUT2D eigenvalue weighted by Crippen LogP contribution is 2.55. The number of halogens is 3. The van der Waals surface area contributed by atoms with Crippen LogP contribution in [0.15, 0.2) is 12.4 Å². The van der Waals surface area contributed by atoms with Crippen molar-refractivity contribution >= 4 is 17.5 Å². The lowest BCUT2D eigenvalue weighted by Crippen LogP contribution is -2.15. The summed E-state index contributed by atoms with van der Waals surface area (Å²) < 4.78 is 41.4. The van der Waals surface area contributed by atoms with Gasteiger partial charge in [-0.2, -0.15) is 23.3 Å². The molecule has 2 heterocycles. The highest BCUT2D eigenvalue weighted by atomic mass is 19.4. The van der Waals surface area contributed by atoms with Crippen molar-refractivity contribution < 1.29 is 13.2 Å². The molecule has 2 fully saturated rings. The molecule has 2 aliphatic rings. The molecule has 0 aliphatic heterocycles. The number of aryl methyl sites for hydroxylation is 1. The summed E-state index contributed by atoms with van der Waals surface area (Å²) in [7, 11) is 0. The minimum Gasteiger partial charge on any atom is -0.367 e. The third kappa shape index (κ3) is 3.34. The minimum atomic E-state index is -4.49. The number of rotatable bonds is 5. The molecule has 2 N–H and O–H groups in total. The van der Waals surface area contributed by atoms with Gasteiger partial charge >= 0.3 is 6.18 Å². The number of anilines is 3. The van der Waals surface area contributed by atoms with E-state index in [1.165, 1.54) is 0 Å². The third-order valence-electron chi connectivity index (χ3n) is 4.96. The molecule has 140 valence electrons. The maximum absolute atomic E-state index is 13.2. The molecule has 0 radical (unpaired) electrons. The highest BCUT2D eigenvalue weighted by Gasteiger charge is 2.48. The quantitative estimate of drug-likeness (QED) is 0.826. The third-order valence-corrected chi connectivity index (χ3v) is 4.96. The minimum absolute atomic E-state index is 0.0560. The Morgan fingerprint density at radius 1 is 1.27 bits per heavy atom. The van der Waals surface area contributed by atoms with Gasteiger partial charge in [0, 0.05) is 18.4 Å². The second-order valence-corrected chi connectivity index (χ2v) is 7.81. The lowest BCUT2D eigenvalue weighted by Gasteiger charge is -2.14. The van der Waals surface area contributed by atoms with E-state index in [2.05, 4.69) is 39.5 Å². The van der Waals surface area contributed by atoms with Crippen molar-refractivity contribution in [2.24, 2.45) is 5.41 Å². The molecule has 0 saturated heterocycles. The maximum Gasteiger partial charge on any atom is 0.421 e. The van der Waals surface area contributed by atoms with Gasteiger partial charge in [0.1, 0.15) is 11.4 Å². The number of nitrogens with zero attached hydrogens (tertiary/aromatic N) is 4. The van der Waals surface area contributed by atoms with Crippen LogP contribution in [0, 0.1) is 12.3 Å². The Hall–Kier alpha value is -2.32. The normalized spacial score (nSPS) is 21.5. The topological polar surface area (TPSA) is 67.7 Å². The van der Waals surface area contributed by atoms with Crippen molar-refractivity contribution in [1.29, 1.82) is 0 Å². The van der Waals surface area contributed by atoms with Crippen molar-refractivity contribution in [3.8, 4) is 0 Å². The van der Waals surface area contributed by atoms with Gasteiger partial charge in [0.05, 0.1) is 17.4 Å². The Labute approximate surface area is 149 Å². The van der Waals surface area contributed by atoms with E-state index in [-0.39, 0.29) is 23.2 Å². The second kappa shape index (κ2) is 5.59. The molecule has 1 atom stereocenters. The zero-order chi connectivity index (χ0) is 18.7. The fourth-order valence-corrected chi connectivity index (χ4v) is 2.96. The Morgan fingerprint density at radius 2 is 1.96 bits per heavy atom. The largest absolute Gasteiger partial charge is 0.421 e. The lowest BCUT2D eigenvalue weighted by molar-refractivity contribution is -0.137. The Morgan fingerprint density at radius 3 is 2.54 bits per heavy atom. The predicted molar refractivity (Wildman–Crippen MR) is 91.4 cm³/mol. The molecule has 6 nitrogen and oxygen atoms in total. The van der Waals surface area contributed by atoms with Gasteiger partial charge < -0.3 is 10.6 Å². The summed E-state index contributed by atoms with van der Waals surface area (Å²) in [6, 6.07) is 0.401. The van der Waals surface area contributed by atoms with E-state index in [0.717, 1.165) is 31.2 Å². The van der Waals surface area contributed by atoms with E-state index in [4.69, 9.17) is 0 Å². The Kier molecular flexibility index (Phi) is 3.68. The smallest absolute Gasteiger partial charge is 0.367 e. The average Bonchev–Trinajstić information content (AvgIpc) is 3.41. The van der Waals surface area contributed by atoms with E-state index in [0.29, 0.717) is 11.7 Å². The lowest BCUT2D eigenvalue weighted by atomic mass is 10.2. The summed E-state index contributed by atoms with van der Waals surface area (Å²) in [4.78, 5) is 7.91. The van der Waals surface area contributed by atoms with Crippen LogP contribution in [0.2, 0.25) is 0 Å². The number of aromatic nitrogens is 4. The van der Waals surface area contributed by atoms with Crippen LogP contribution in [-0.4, -0.2) is 25.8 Å². The molecule has 0 aromatic carbocycles. The Bertz CT molecular complexity index is 838. The molecular formula is C17H21F3N6. The molecule has 0 unspecified atom stereocenters. The van der Waals surface area contributed by atoms with Crippen LogP contribution < -0.4 is 10.6 Å². The second-order valence-electron chi connectivity index (χ2n) is 7.81. The SMILES string of the molecule is Cc1nn([C@H]2CC2(C)C)cc1Nc1ncc(C(F)(F)F)c(NC2CC2)n1. The van der Waals surface area contributed by atoms with Crippen molar-refractivity contribution in [2.45, 2.75) is 58.3 Å². The summed E-state index contributed by atoms with van der Waals surface area (Å²) in [5.74, 6) is -0.0512. The van der Waals surface area contributed by atoms with Crippen LogP contribution in [-0.2, 0) is 6.18 Å². The molecule has 2 aliphatic carbocycles. The van der Waals surface area contributed by atoms with Gasteiger partial charge in [-0.25, -0.2) is 4.98 Å². The summed E-state index contributed by atoms with van der Waals surface area (Å²) in [5, 5.41) is 10.4. The van der Waals surface area contributed by atoms with Gasteiger partial charge in [-0.05, 0) is 31.6 Å². The van der Waals surface area contributed by atoms with Gasteiger partial charge in [0.15, 0.2) is 0 Å². The van der Waals surface area contributed by atoms with Crippen molar-refractivity contribution in [3.63, 3.8) is 0 Å². The highest BCUT2D eigenvalue weighted by molar-refractivity contribution is 5.58. The van der Waals surface area contributed by atoms with E-state index in [9.17, 15) is 13.2 Å². The van der Waals surface area contributed by atoms with Crippen LogP contribution in [0.3, 0.4) is 0 Å². The predicted octanol–water partition coefficient (Wildman–Crippen LogP) is 4.29. The Balaban J connectivity index is 1.58.